The Hall–Kier alpha value is -3.06. The van der Waals surface area contributed by atoms with E-state index < -0.39 is 0 Å². The van der Waals surface area contributed by atoms with Crippen LogP contribution in [0.5, 0.6) is 5.75 Å². The van der Waals surface area contributed by atoms with Gasteiger partial charge in [0.1, 0.15) is 30.1 Å². The van der Waals surface area contributed by atoms with E-state index in [0.29, 0.717) is 28.2 Å². The van der Waals surface area contributed by atoms with Gasteiger partial charge in [-0.3, -0.25) is 0 Å². The average Bonchev–Trinajstić information content (AvgIpc) is 3.23. The number of aryl methyl sites for hydroxylation is 1. The zero-order chi connectivity index (χ0) is 21.9. The van der Waals surface area contributed by atoms with Crippen molar-refractivity contribution in [2.24, 2.45) is 5.73 Å². The van der Waals surface area contributed by atoms with Gasteiger partial charge < -0.3 is 20.2 Å². The summed E-state index contributed by atoms with van der Waals surface area (Å²) in [5, 5.41) is 3.12. The largest absolute Gasteiger partial charge is 0.487 e. The monoisotopic (exact) mass is 485 g/mol. The van der Waals surface area contributed by atoms with Crippen molar-refractivity contribution >= 4 is 28.1 Å². The third-order valence-electron chi connectivity index (χ3n) is 4.50. The molecule has 0 aliphatic heterocycles. The van der Waals surface area contributed by atoms with Crippen LogP contribution in [0.15, 0.2) is 70.0 Å². The number of hydrogen-bond donors (Lipinski definition) is 2. The number of oxazole rings is 1. The first-order chi connectivity index (χ1) is 15.1. The van der Waals surface area contributed by atoms with Crippen LogP contribution in [-0.4, -0.2) is 11.5 Å². The summed E-state index contributed by atoms with van der Waals surface area (Å²) in [4.78, 5) is 4.35. The second kappa shape index (κ2) is 12.0. The summed E-state index contributed by atoms with van der Waals surface area (Å²) in [5.74, 6) is 0.854. The molecule has 0 amide bonds. The molecule has 1 heterocycles. The van der Waals surface area contributed by atoms with Crippen LogP contribution < -0.4 is 15.8 Å². The quantitative estimate of drug-likeness (QED) is 0.342. The first-order valence-electron chi connectivity index (χ1n) is 10.0. The molecule has 0 radical (unpaired) electrons. The molecule has 5 nitrogen and oxygen atoms in total. The molecule has 0 aliphatic carbocycles. The van der Waals surface area contributed by atoms with Gasteiger partial charge in [0.15, 0.2) is 0 Å². The maximum absolute atomic E-state index is 13.9. The van der Waals surface area contributed by atoms with Crippen LogP contribution in [0.2, 0.25) is 0 Å². The fourth-order valence-electron chi connectivity index (χ4n) is 2.88. The molecule has 0 saturated carbocycles. The van der Waals surface area contributed by atoms with Crippen molar-refractivity contribution in [2.75, 3.05) is 6.54 Å². The molecule has 1 aromatic heterocycles. The van der Waals surface area contributed by atoms with Gasteiger partial charge in [0.25, 0.3) is 0 Å². The lowest BCUT2D eigenvalue weighted by molar-refractivity contribution is 0.301. The van der Waals surface area contributed by atoms with E-state index >= 15 is 0 Å². The molecule has 0 spiro atoms. The summed E-state index contributed by atoms with van der Waals surface area (Å²) < 4.78 is 25.8. The van der Waals surface area contributed by atoms with Crippen molar-refractivity contribution in [3.8, 4) is 5.75 Å². The molecule has 0 atom stereocenters. The highest BCUT2D eigenvalue weighted by Crippen LogP contribution is 2.18. The molecule has 2 aromatic carbocycles. The van der Waals surface area contributed by atoms with Crippen LogP contribution in [0.1, 0.15) is 35.6 Å². The van der Waals surface area contributed by atoms with Gasteiger partial charge in [-0.15, -0.1) is 0 Å². The highest BCUT2D eigenvalue weighted by atomic mass is 79.9. The van der Waals surface area contributed by atoms with Crippen LogP contribution in [-0.2, 0) is 13.0 Å². The van der Waals surface area contributed by atoms with Crippen LogP contribution in [0.4, 0.5) is 4.39 Å². The van der Waals surface area contributed by atoms with E-state index in [1.165, 1.54) is 17.8 Å². The maximum atomic E-state index is 13.9. The van der Waals surface area contributed by atoms with E-state index in [1.54, 1.807) is 36.7 Å². The van der Waals surface area contributed by atoms with Crippen molar-refractivity contribution in [2.45, 2.75) is 25.9 Å². The Morgan fingerprint density at radius 1 is 1.13 bits per heavy atom. The molecule has 0 aliphatic rings. The molecular weight excluding hydrogens is 461 g/mol. The van der Waals surface area contributed by atoms with Crippen LogP contribution in [0.3, 0.4) is 0 Å². The van der Waals surface area contributed by atoms with Crippen LogP contribution >= 0.6 is 15.9 Å². The first kappa shape index (κ1) is 22.6. The Labute approximate surface area is 190 Å². The molecule has 3 N–H and O–H groups in total. The van der Waals surface area contributed by atoms with Crippen LogP contribution in [0.25, 0.3) is 12.2 Å². The van der Waals surface area contributed by atoms with Crippen molar-refractivity contribution < 1.29 is 13.5 Å². The lowest BCUT2D eigenvalue weighted by Gasteiger charge is -2.06. The summed E-state index contributed by atoms with van der Waals surface area (Å²) >= 11 is 3.24. The number of rotatable bonds is 11. The normalized spacial score (nSPS) is 11.4. The minimum Gasteiger partial charge on any atom is -0.487 e. The minimum absolute atomic E-state index is 0.295. The molecule has 162 valence electrons. The number of aromatic nitrogens is 1. The molecule has 31 heavy (non-hydrogen) atoms. The third kappa shape index (κ3) is 7.61. The number of benzene rings is 2. The molecule has 3 aromatic rings. The molecule has 0 bridgehead atoms. The fraction of sp³-hybridized carbons (Fsp3) is 0.208. The number of nitrogens with zero attached hydrogens (tertiary/aromatic N) is 1. The zero-order valence-corrected chi connectivity index (χ0v) is 18.6. The Balaban J connectivity index is 1.44. The van der Waals surface area contributed by atoms with Gasteiger partial charge in [0.05, 0.1) is 0 Å². The van der Waals surface area contributed by atoms with E-state index in [-0.39, 0.29) is 5.82 Å². The van der Waals surface area contributed by atoms with E-state index in [0.717, 1.165) is 31.6 Å². The highest BCUT2D eigenvalue weighted by Gasteiger charge is 2.04. The predicted molar refractivity (Wildman–Crippen MR) is 125 cm³/mol. The lowest BCUT2D eigenvalue weighted by atomic mass is 10.1. The minimum atomic E-state index is -0.315. The Bertz CT molecular complexity index is 1020. The van der Waals surface area contributed by atoms with Gasteiger partial charge in [-0.05, 0) is 55.2 Å². The van der Waals surface area contributed by atoms with E-state index in [2.05, 4.69) is 38.4 Å². The summed E-state index contributed by atoms with van der Waals surface area (Å²) in [6.07, 6.45) is 11.3. The number of nitrogens with one attached hydrogen (secondary N) is 1. The summed E-state index contributed by atoms with van der Waals surface area (Å²) in [7, 11) is 0. The Morgan fingerprint density at radius 2 is 1.97 bits per heavy atom. The Morgan fingerprint density at radius 3 is 2.74 bits per heavy atom. The molecular formula is C24H25BrFN3O2. The van der Waals surface area contributed by atoms with E-state index in [1.807, 2.05) is 12.1 Å². The highest BCUT2D eigenvalue weighted by molar-refractivity contribution is 9.10. The SMILES string of the molecule is N/C=C\NCCCCc1ccc(OCc2coc(/C=C/c3ccc(Br)cc3F)n2)cc1. The predicted octanol–water partition coefficient (Wildman–Crippen LogP) is 5.67. The van der Waals surface area contributed by atoms with Crippen molar-refractivity contribution in [3.63, 3.8) is 0 Å². The van der Waals surface area contributed by atoms with Gasteiger partial charge in [0, 0.05) is 35.1 Å². The molecule has 7 heteroatoms. The number of unbranched alkanes of at least 4 members (excludes halogenated alkanes) is 1. The van der Waals surface area contributed by atoms with Gasteiger partial charge in [-0.2, -0.15) is 0 Å². The molecule has 0 saturated heterocycles. The topological polar surface area (TPSA) is 73.3 Å². The summed E-state index contributed by atoms with van der Waals surface area (Å²) in [6.45, 7) is 1.21. The molecule has 0 fully saturated rings. The average molecular weight is 486 g/mol. The number of nitrogens with two attached hydrogens (primary N) is 1. The zero-order valence-electron chi connectivity index (χ0n) is 17.1. The standard InChI is InChI=1S/C24H25BrFN3O2/c25-20-8-6-19(23(26)15-20)7-11-24-29-21(17-31-24)16-30-22-9-4-18(5-10-22)3-1-2-13-28-14-12-27/h4-12,14-15,17,28H,1-3,13,16,27H2/b11-7+,14-12-. The lowest BCUT2D eigenvalue weighted by Crippen LogP contribution is -2.07. The van der Waals surface area contributed by atoms with Crippen molar-refractivity contribution in [1.82, 2.24) is 10.3 Å². The van der Waals surface area contributed by atoms with Crippen molar-refractivity contribution in [3.05, 3.63) is 94.1 Å². The summed E-state index contributed by atoms with van der Waals surface area (Å²) in [6, 6.07) is 12.9. The fourth-order valence-corrected chi connectivity index (χ4v) is 3.21. The number of halogens is 2. The van der Waals surface area contributed by atoms with Gasteiger partial charge in [-0.1, -0.05) is 34.1 Å². The maximum Gasteiger partial charge on any atom is 0.218 e. The first-order valence-corrected chi connectivity index (χ1v) is 10.8. The van der Waals surface area contributed by atoms with Gasteiger partial charge in [-0.25, -0.2) is 9.37 Å². The van der Waals surface area contributed by atoms with Crippen LogP contribution in [0, 0.1) is 5.82 Å². The van der Waals surface area contributed by atoms with E-state index in [9.17, 15) is 4.39 Å². The van der Waals surface area contributed by atoms with Gasteiger partial charge in [0.2, 0.25) is 5.89 Å². The smallest absolute Gasteiger partial charge is 0.218 e. The molecule has 0 unspecified atom stereocenters. The Kier molecular flexibility index (Phi) is 8.72. The number of hydrogen-bond acceptors (Lipinski definition) is 5. The van der Waals surface area contributed by atoms with Crippen molar-refractivity contribution in [1.29, 1.82) is 0 Å². The second-order valence-electron chi connectivity index (χ2n) is 6.88. The second-order valence-corrected chi connectivity index (χ2v) is 7.79. The third-order valence-corrected chi connectivity index (χ3v) is 4.99. The van der Waals surface area contributed by atoms with E-state index in [4.69, 9.17) is 14.9 Å². The molecule has 3 rings (SSSR count). The number of ether oxygens (including phenoxy) is 1. The van der Waals surface area contributed by atoms with Gasteiger partial charge >= 0.3 is 0 Å². The summed E-state index contributed by atoms with van der Waals surface area (Å²) in [5.41, 5.74) is 7.68.